The van der Waals surface area contributed by atoms with Crippen LogP contribution in [0.1, 0.15) is 29.7 Å². The molecule has 29 heavy (non-hydrogen) atoms. The van der Waals surface area contributed by atoms with E-state index in [9.17, 15) is 0 Å². The second-order valence-electron chi connectivity index (χ2n) is 7.21. The van der Waals surface area contributed by atoms with Crippen molar-refractivity contribution in [3.05, 3.63) is 59.3 Å². The van der Waals surface area contributed by atoms with Crippen LogP contribution in [0.3, 0.4) is 0 Å². The Balaban J connectivity index is 0.00000300. The molecule has 1 aromatic heterocycles. The third-order valence-corrected chi connectivity index (χ3v) is 4.93. The average Bonchev–Trinajstić information content (AvgIpc) is 2.71. The van der Waals surface area contributed by atoms with Crippen LogP contribution in [0.15, 0.2) is 47.6 Å². The number of ether oxygens (including phenoxy) is 1. The molecule has 1 aromatic carbocycles. The van der Waals surface area contributed by atoms with Crippen LogP contribution in [0.2, 0.25) is 0 Å². The van der Waals surface area contributed by atoms with Crippen molar-refractivity contribution in [1.82, 2.24) is 15.2 Å². The van der Waals surface area contributed by atoms with Crippen LogP contribution in [0.5, 0.6) is 0 Å². The van der Waals surface area contributed by atoms with Gasteiger partial charge in [0.1, 0.15) is 11.9 Å². The lowest BCUT2D eigenvalue weighted by molar-refractivity contribution is -0.00834. The van der Waals surface area contributed by atoms with Crippen molar-refractivity contribution in [3.63, 3.8) is 0 Å². The monoisotopic (exact) mass is 509 g/mol. The molecule has 0 bridgehead atoms. The molecule has 158 valence electrons. The zero-order chi connectivity index (χ0) is 19.9. The van der Waals surface area contributed by atoms with Crippen LogP contribution in [0, 0.1) is 6.92 Å². The predicted molar refractivity (Wildman–Crippen MR) is 130 cm³/mol. The maximum absolute atomic E-state index is 6.08. The summed E-state index contributed by atoms with van der Waals surface area (Å²) >= 11 is 0. The van der Waals surface area contributed by atoms with Crippen LogP contribution in [0.25, 0.3) is 0 Å². The Morgan fingerprint density at radius 3 is 2.79 bits per heavy atom. The van der Waals surface area contributed by atoms with Gasteiger partial charge in [0, 0.05) is 38.9 Å². The van der Waals surface area contributed by atoms with Gasteiger partial charge in [-0.1, -0.05) is 30.3 Å². The second kappa shape index (κ2) is 11.3. The van der Waals surface area contributed by atoms with Gasteiger partial charge >= 0.3 is 0 Å². The van der Waals surface area contributed by atoms with E-state index >= 15 is 0 Å². The molecule has 1 atom stereocenters. The van der Waals surface area contributed by atoms with Gasteiger partial charge in [0.15, 0.2) is 5.96 Å². The van der Waals surface area contributed by atoms with E-state index in [-0.39, 0.29) is 30.1 Å². The van der Waals surface area contributed by atoms with E-state index in [2.05, 4.69) is 59.4 Å². The number of hydrogen-bond acceptors (Lipinski definition) is 4. The highest BCUT2D eigenvalue weighted by molar-refractivity contribution is 14.0. The molecule has 0 saturated carbocycles. The number of aromatic nitrogens is 1. The molecule has 6 nitrogen and oxygen atoms in total. The lowest BCUT2D eigenvalue weighted by Crippen LogP contribution is -2.48. The minimum absolute atomic E-state index is 0. The first-order valence-electron chi connectivity index (χ1n) is 9.91. The highest BCUT2D eigenvalue weighted by atomic mass is 127. The second-order valence-corrected chi connectivity index (χ2v) is 7.21. The Labute approximate surface area is 191 Å². The van der Waals surface area contributed by atoms with Crippen LogP contribution in [0.4, 0.5) is 5.82 Å². The third-order valence-electron chi connectivity index (χ3n) is 4.93. The number of benzene rings is 1. The largest absolute Gasteiger partial charge is 0.370 e. The number of morpholine rings is 1. The van der Waals surface area contributed by atoms with Crippen LogP contribution in [-0.4, -0.2) is 56.2 Å². The molecule has 2 aromatic rings. The van der Waals surface area contributed by atoms with Crippen molar-refractivity contribution < 1.29 is 4.74 Å². The first kappa shape index (κ1) is 23.4. The fraction of sp³-hybridized carbons (Fsp3) is 0.455. The lowest BCUT2D eigenvalue weighted by atomic mass is 10.0. The summed E-state index contributed by atoms with van der Waals surface area (Å²) in [5.41, 5.74) is 3.64. The number of pyridine rings is 1. The number of anilines is 1. The molecule has 0 aliphatic carbocycles. The molecule has 1 fully saturated rings. The normalized spacial score (nSPS) is 16.9. The highest BCUT2D eigenvalue weighted by Gasteiger charge is 2.25. The Bertz CT molecular complexity index is 811. The van der Waals surface area contributed by atoms with Gasteiger partial charge in [0.25, 0.3) is 0 Å². The van der Waals surface area contributed by atoms with Gasteiger partial charge < -0.3 is 19.9 Å². The Kier molecular flexibility index (Phi) is 9.16. The molecular weight excluding hydrogens is 477 g/mol. The standard InChI is InChI=1S/C22H31N5O.HI/c1-5-23-22(25-15-18-10-8-12-24-21(18)26(3)4)27-13-14-28-20(16-27)19-11-7-6-9-17(19)2;/h6-12,20H,5,13-16H2,1-4H3,(H,23,25);1H. The summed E-state index contributed by atoms with van der Waals surface area (Å²) in [6.45, 7) is 7.99. The zero-order valence-corrected chi connectivity index (χ0v) is 20.1. The Morgan fingerprint density at radius 1 is 1.28 bits per heavy atom. The molecule has 1 unspecified atom stereocenters. The molecule has 0 amide bonds. The van der Waals surface area contributed by atoms with Gasteiger partial charge in [0.2, 0.25) is 0 Å². The number of nitrogens with one attached hydrogen (secondary N) is 1. The van der Waals surface area contributed by atoms with E-state index in [1.54, 1.807) is 0 Å². The molecule has 2 heterocycles. The number of aryl methyl sites for hydroxylation is 1. The molecule has 0 radical (unpaired) electrons. The quantitative estimate of drug-likeness (QED) is 0.379. The summed E-state index contributed by atoms with van der Waals surface area (Å²) in [6, 6.07) is 12.5. The van der Waals surface area contributed by atoms with Crippen molar-refractivity contribution in [2.24, 2.45) is 4.99 Å². The van der Waals surface area contributed by atoms with E-state index in [1.807, 2.05) is 31.3 Å². The predicted octanol–water partition coefficient (Wildman–Crippen LogP) is 3.61. The smallest absolute Gasteiger partial charge is 0.194 e. The van der Waals surface area contributed by atoms with Gasteiger partial charge in [-0.3, -0.25) is 0 Å². The van der Waals surface area contributed by atoms with Gasteiger partial charge in [-0.2, -0.15) is 0 Å². The van der Waals surface area contributed by atoms with Crippen LogP contribution < -0.4 is 10.2 Å². The topological polar surface area (TPSA) is 53.0 Å². The van der Waals surface area contributed by atoms with Crippen molar-refractivity contribution >= 4 is 35.8 Å². The zero-order valence-electron chi connectivity index (χ0n) is 17.8. The van der Waals surface area contributed by atoms with Crippen LogP contribution >= 0.6 is 24.0 Å². The maximum Gasteiger partial charge on any atom is 0.194 e. The summed E-state index contributed by atoms with van der Waals surface area (Å²) in [5.74, 6) is 1.89. The number of guanidine groups is 1. The number of halogens is 1. The summed E-state index contributed by atoms with van der Waals surface area (Å²) in [5, 5.41) is 3.44. The van der Waals surface area contributed by atoms with Crippen molar-refractivity contribution in [2.45, 2.75) is 26.5 Å². The minimum atomic E-state index is 0. The van der Waals surface area contributed by atoms with E-state index in [4.69, 9.17) is 9.73 Å². The van der Waals surface area contributed by atoms with Crippen molar-refractivity contribution in [1.29, 1.82) is 0 Å². The summed E-state index contributed by atoms with van der Waals surface area (Å²) in [7, 11) is 4.02. The molecule has 1 saturated heterocycles. The summed E-state index contributed by atoms with van der Waals surface area (Å²) in [6.07, 6.45) is 1.89. The van der Waals surface area contributed by atoms with Crippen molar-refractivity contribution in [3.8, 4) is 0 Å². The van der Waals surface area contributed by atoms with Crippen LogP contribution in [-0.2, 0) is 11.3 Å². The van der Waals surface area contributed by atoms with Gasteiger partial charge in [-0.25, -0.2) is 9.98 Å². The van der Waals surface area contributed by atoms with Gasteiger partial charge in [-0.05, 0) is 31.0 Å². The van der Waals surface area contributed by atoms with Gasteiger partial charge in [-0.15, -0.1) is 24.0 Å². The molecule has 1 N–H and O–H groups in total. The van der Waals surface area contributed by atoms with E-state index in [1.165, 1.54) is 11.1 Å². The van der Waals surface area contributed by atoms with E-state index < -0.39 is 0 Å². The molecular formula is C22H32IN5O. The van der Waals surface area contributed by atoms with E-state index in [0.29, 0.717) is 13.2 Å². The molecule has 3 rings (SSSR count). The number of hydrogen-bond donors (Lipinski definition) is 1. The van der Waals surface area contributed by atoms with Crippen molar-refractivity contribution in [2.75, 3.05) is 45.2 Å². The Morgan fingerprint density at radius 2 is 2.07 bits per heavy atom. The molecule has 0 spiro atoms. The number of rotatable bonds is 5. The lowest BCUT2D eigenvalue weighted by Gasteiger charge is -2.36. The minimum Gasteiger partial charge on any atom is -0.370 e. The third kappa shape index (κ3) is 6.05. The van der Waals surface area contributed by atoms with E-state index in [0.717, 1.165) is 37.0 Å². The number of aliphatic imine (C=N–C) groups is 1. The first-order chi connectivity index (χ1) is 13.6. The average molecular weight is 509 g/mol. The fourth-order valence-corrected chi connectivity index (χ4v) is 3.52. The molecule has 7 heteroatoms. The maximum atomic E-state index is 6.08. The van der Waals surface area contributed by atoms with Gasteiger partial charge in [0.05, 0.1) is 19.7 Å². The summed E-state index contributed by atoms with van der Waals surface area (Å²) in [4.78, 5) is 13.7. The fourth-order valence-electron chi connectivity index (χ4n) is 3.52. The number of nitrogens with zero attached hydrogens (tertiary/aromatic N) is 4. The summed E-state index contributed by atoms with van der Waals surface area (Å²) < 4.78 is 6.08. The SMILES string of the molecule is CCNC(=NCc1cccnc1N(C)C)N1CCOC(c2ccccc2C)C1.I. The molecule has 1 aliphatic heterocycles. The molecule has 1 aliphatic rings. The highest BCUT2D eigenvalue weighted by Crippen LogP contribution is 2.25. The first-order valence-corrected chi connectivity index (χ1v) is 9.91. The Hall–Kier alpha value is -1.87.